The van der Waals surface area contributed by atoms with Crippen LogP contribution in [0, 0.1) is 20.8 Å². The fourth-order valence-corrected chi connectivity index (χ4v) is 4.77. The van der Waals surface area contributed by atoms with Gasteiger partial charge in [-0.05, 0) is 56.2 Å². The highest BCUT2D eigenvalue weighted by atomic mass is 32.2. The fraction of sp³-hybridized carbons (Fsp3) is 0.125. The van der Waals surface area contributed by atoms with Gasteiger partial charge in [-0.25, -0.2) is 8.42 Å². The minimum atomic E-state index is -3.97. The summed E-state index contributed by atoms with van der Waals surface area (Å²) in [6.07, 6.45) is 2.98. The third kappa shape index (κ3) is 4.44. The van der Waals surface area contributed by atoms with Crippen LogP contribution in [0.25, 0.3) is 6.08 Å². The smallest absolute Gasteiger partial charge is 0.248 e. The monoisotopic (exact) mass is 421 g/mol. The Bertz CT molecular complexity index is 1210. The average molecular weight is 422 g/mol. The SMILES string of the molecule is Cc1ccc(S(=O)(=O)c2c(NC(=O)C=Cc3ccccc3)cc(C)c(O)c2C)cc1. The van der Waals surface area contributed by atoms with Gasteiger partial charge in [0.25, 0.3) is 0 Å². The molecule has 6 heteroatoms. The van der Waals surface area contributed by atoms with Crippen molar-refractivity contribution in [3.63, 3.8) is 0 Å². The van der Waals surface area contributed by atoms with Crippen molar-refractivity contribution in [1.29, 1.82) is 0 Å². The van der Waals surface area contributed by atoms with E-state index in [2.05, 4.69) is 5.32 Å². The summed E-state index contributed by atoms with van der Waals surface area (Å²) < 4.78 is 26.7. The Labute approximate surface area is 176 Å². The quantitative estimate of drug-likeness (QED) is 0.458. The first-order valence-electron chi connectivity index (χ1n) is 9.39. The third-order valence-corrected chi connectivity index (χ3v) is 6.72. The van der Waals surface area contributed by atoms with E-state index in [1.165, 1.54) is 31.2 Å². The minimum absolute atomic E-state index is 0.0924. The van der Waals surface area contributed by atoms with Crippen molar-refractivity contribution in [1.82, 2.24) is 0 Å². The van der Waals surface area contributed by atoms with E-state index in [1.807, 2.05) is 37.3 Å². The number of aryl methyl sites for hydroxylation is 2. The molecule has 3 aromatic rings. The molecular weight excluding hydrogens is 398 g/mol. The van der Waals surface area contributed by atoms with Crippen molar-refractivity contribution < 1.29 is 18.3 Å². The standard InChI is InChI=1S/C24H23NO4S/c1-16-9-12-20(13-10-16)30(28,29)24-18(3)23(27)17(2)15-21(24)25-22(26)14-11-19-7-5-4-6-8-19/h4-15,27H,1-3H3,(H,25,26). The van der Waals surface area contributed by atoms with Crippen molar-refractivity contribution in [2.45, 2.75) is 30.6 Å². The Kier molecular flexibility index (Phi) is 6.08. The van der Waals surface area contributed by atoms with Gasteiger partial charge in [0.1, 0.15) is 10.6 Å². The third-order valence-electron chi connectivity index (χ3n) is 4.76. The molecular formula is C24H23NO4S. The maximum absolute atomic E-state index is 13.3. The zero-order chi connectivity index (χ0) is 21.9. The van der Waals surface area contributed by atoms with Crippen LogP contribution in [0.2, 0.25) is 0 Å². The first kappa shape index (κ1) is 21.3. The molecule has 0 atom stereocenters. The largest absolute Gasteiger partial charge is 0.507 e. The highest BCUT2D eigenvalue weighted by Crippen LogP contribution is 2.37. The molecule has 3 aromatic carbocycles. The van der Waals surface area contributed by atoms with Crippen LogP contribution < -0.4 is 5.32 Å². The van der Waals surface area contributed by atoms with Gasteiger partial charge in [-0.2, -0.15) is 0 Å². The first-order valence-corrected chi connectivity index (χ1v) is 10.9. The van der Waals surface area contributed by atoms with Crippen molar-refractivity contribution in [2.75, 3.05) is 5.32 Å². The predicted octanol–water partition coefficient (Wildman–Crippen LogP) is 4.80. The van der Waals surface area contributed by atoms with Crippen LogP contribution in [0.5, 0.6) is 5.75 Å². The van der Waals surface area contributed by atoms with E-state index in [9.17, 15) is 18.3 Å². The fourth-order valence-electron chi connectivity index (χ4n) is 3.14. The van der Waals surface area contributed by atoms with E-state index < -0.39 is 15.7 Å². The summed E-state index contributed by atoms with van der Waals surface area (Å²) in [7, 11) is -3.97. The van der Waals surface area contributed by atoms with Gasteiger partial charge in [0.2, 0.25) is 15.7 Å². The summed E-state index contributed by atoms with van der Waals surface area (Å²) in [5.74, 6) is -0.581. The molecule has 0 bridgehead atoms. The number of aromatic hydroxyl groups is 1. The number of phenolic OH excluding ortho intramolecular Hbond substituents is 1. The lowest BCUT2D eigenvalue weighted by Crippen LogP contribution is -2.14. The molecule has 2 N–H and O–H groups in total. The Morgan fingerprint density at radius 1 is 0.967 bits per heavy atom. The van der Waals surface area contributed by atoms with Crippen molar-refractivity contribution in [3.05, 3.63) is 89.0 Å². The molecule has 0 unspecified atom stereocenters. The summed E-state index contributed by atoms with van der Waals surface area (Å²) in [4.78, 5) is 12.5. The van der Waals surface area contributed by atoms with Crippen LogP contribution in [0.3, 0.4) is 0 Å². The summed E-state index contributed by atoms with van der Waals surface area (Å²) in [6.45, 7) is 5.04. The number of sulfone groups is 1. The van der Waals surface area contributed by atoms with Crippen LogP contribution in [-0.4, -0.2) is 19.4 Å². The lowest BCUT2D eigenvalue weighted by molar-refractivity contribution is -0.111. The molecule has 154 valence electrons. The number of anilines is 1. The van der Waals surface area contributed by atoms with E-state index in [-0.39, 0.29) is 26.8 Å². The molecule has 0 spiro atoms. The number of amides is 1. The van der Waals surface area contributed by atoms with E-state index >= 15 is 0 Å². The first-order chi connectivity index (χ1) is 14.2. The van der Waals surface area contributed by atoms with Crippen molar-refractivity contribution in [3.8, 4) is 5.75 Å². The molecule has 0 aromatic heterocycles. The van der Waals surface area contributed by atoms with Crippen LogP contribution in [0.1, 0.15) is 22.3 Å². The molecule has 0 saturated heterocycles. The van der Waals surface area contributed by atoms with Gasteiger partial charge in [0.05, 0.1) is 10.6 Å². The molecule has 30 heavy (non-hydrogen) atoms. The number of carbonyl (C=O) groups excluding carboxylic acids is 1. The number of rotatable bonds is 5. The van der Waals surface area contributed by atoms with Crippen molar-refractivity contribution >= 4 is 27.5 Å². The summed E-state index contributed by atoms with van der Waals surface area (Å²) in [6, 6.07) is 17.2. The van der Waals surface area contributed by atoms with Crippen LogP contribution in [0.15, 0.2) is 76.5 Å². The average Bonchev–Trinajstić information content (AvgIpc) is 2.71. The number of nitrogens with one attached hydrogen (secondary N) is 1. The number of carbonyl (C=O) groups is 1. The van der Waals surface area contributed by atoms with Gasteiger partial charge in [-0.3, -0.25) is 4.79 Å². The molecule has 0 aliphatic rings. The maximum Gasteiger partial charge on any atom is 0.248 e. The van der Waals surface area contributed by atoms with Gasteiger partial charge >= 0.3 is 0 Å². The second-order valence-electron chi connectivity index (χ2n) is 7.09. The number of phenols is 1. The molecule has 3 rings (SSSR count). The van der Waals surface area contributed by atoms with Crippen LogP contribution in [-0.2, 0) is 14.6 Å². The topological polar surface area (TPSA) is 83.5 Å². The lowest BCUT2D eigenvalue weighted by Gasteiger charge is -2.17. The highest BCUT2D eigenvalue weighted by Gasteiger charge is 2.27. The Hall–Kier alpha value is -3.38. The summed E-state index contributed by atoms with van der Waals surface area (Å²) in [5.41, 5.74) is 2.57. The zero-order valence-corrected chi connectivity index (χ0v) is 17.8. The van der Waals surface area contributed by atoms with E-state index in [4.69, 9.17) is 0 Å². The number of hydrogen-bond acceptors (Lipinski definition) is 4. The lowest BCUT2D eigenvalue weighted by atomic mass is 10.1. The van der Waals surface area contributed by atoms with Crippen LogP contribution >= 0.6 is 0 Å². The van der Waals surface area contributed by atoms with E-state index in [0.29, 0.717) is 5.56 Å². The van der Waals surface area contributed by atoms with Gasteiger partial charge in [-0.15, -0.1) is 0 Å². The molecule has 0 aliphatic heterocycles. The maximum atomic E-state index is 13.3. The molecule has 1 amide bonds. The van der Waals surface area contributed by atoms with Gasteiger partial charge < -0.3 is 10.4 Å². The number of benzene rings is 3. The molecule has 0 fully saturated rings. The van der Waals surface area contributed by atoms with Gasteiger partial charge in [0, 0.05) is 11.6 Å². The Morgan fingerprint density at radius 2 is 1.60 bits per heavy atom. The highest BCUT2D eigenvalue weighted by molar-refractivity contribution is 7.91. The minimum Gasteiger partial charge on any atom is -0.507 e. The molecule has 0 saturated carbocycles. The zero-order valence-electron chi connectivity index (χ0n) is 17.0. The van der Waals surface area contributed by atoms with Crippen LogP contribution in [0.4, 0.5) is 5.69 Å². The van der Waals surface area contributed by atoms with E-state index in [0.717, 1.165) is 11.1 Å². The van der Waals surface area contributed by atoms with Gasteiger partial charge in [-0.1, -0.05) is 48.0 Å². The Balaban J connectivity index is 2.04. The predicted molar refractivity (Wildman–Crippen MR) is 118 cm³/mol. The second-order valence-corrected chi connectivity index (χ2v) is 8.98. The Morgan fingerprint density at radius 3 is 2.23 bits per heavy atom. The normalized spacial score (nSPS) is 11.6. The van der Waals surface area contributed by atoms with Crippen molar-refractivity contribution in [2.24, 2.45) is 0 Å². The second kappa shape index (κ2) is 8.55. The summed E-state index contributed by atoms with van der Waals surface area (Å²) >= 11 is 0. The van der Waals surface area contributed by atoms with E-state index in [1.54, 1.807) is 25.1 Å². The molecule has 5 nitrogen and oxygen atoms in total. The molecule has 0 heterocycles. The summed E-state index contributed by atoms with van der Waals surface area (Å²) in [5, 5.41) is 13.0. The number of hydrogen-bond donors (Lipinski definition) is 2. The van der Waals surface area contributed by atoms with Gasteiger partial charge in [0.15, 0.2) is 0 Å². The molecule has 0 radical (unpaired) electrons. The molecule has 0 aliphatic carbocycles.